The first-order valence-corrected chi connectivity index (χ1v) is 17.5. The van der Waals surface area contributed by atoms with E-state index in [9.17, 15) is 19.2 Å². The van der Waals surface area contributed by atoms with Crippen LogP contribution in [0.1, 0.15) is 46.9 Å². The van der Waals surface area contributed by atoms with E-state index in [1.165, 1.54) is 10.6 Å². The first-order chi connectivity index (χ1) is 24.7. The number of anilines is 1. The number of piperazine rings is 1. The molecule has 1 unspecified atom stereocenters. The van der Waals surface area contributed by atoms with Crippen LogP contribution >= 0.6 is 0 Å². The molecule has 5 aromatic rings. The Balaban J connectivity index is 0.913. The van der Waals surface area contributed by atoms with Gasteiger partial charge in [-0.1, -0.05) is 12.1 Å². The van der Waals surface area contributed by atoms with Crippen LogP contribution in [0.4, 0.5) is 10.1 Å². The molecule has 0 aliphatic carbocycles. The third-order valence-corrected chi connectivity index (χ3v) is 10.5. The predicted molar refractivity (Wildman–Crippen MR) is 191 cm³/mol. The maximum atomic E-state index is 15.2. The molecule has 51 heavy (non-hydrogen) atoms. The van der Waals surface area contributed by atoms with Crippen LogP contribution < -0.4 is 21.2 Å². The number of para-hydroxylation sites is 1. The maximum Gasteiger partial charge on any atom is 0.329 e. The molecule has 0 radical (unpaired) electrons. The SMILES string of the molecule is Cn1c(=O)n(C2CCC(=O)NC2=O)c2cccc(CCCN3CCN(c4ccc(F)c(-c5cc(-c6cc7c([nH]6)CCNC7=O)ccn5)c4)CC3)c21. The summed E-state index contributed by atoms with van der Waals surface area (Å²) in [6.45, 7) is 4.81. The van der Waals surface area contributed by atoms with E-state index in [0.29, 0.717) is 35.3 Å². The first-order valence-electron chi connectivity index (χ1n) is 17.5. The summed E-state index contributed by atoms with van der Waals surface area (Å²) in [7, 11) is 1.73. The van der Waals surface area contributed by atoms with Gasteiger partial charge >= 0.3 is 5.69 Å². The van der Waals surface area contributed by atoms with Gasteiger partial charge in [-0.05, 0) is 73.8 Å². The number of hydrogen-bond acceptors (Lipinski definition) is 7. The Bertz CT molecular complexity index is 2250. The number of aromatic amines is 1. The zero-order chi connectivity index (χ0) is 35.2. The Kier molecular flexibility index (Phi) is 8.50. The number of aromatic nitrogens is 4. The quantitative estimate of drug-likeness (QED) is 0.212. The van der Waals surface area contributed by atoms with Crippen molar-refractivity contribution in [3.05, 3.63) is 93.9 Å². The molecule has 0 bridgehead atoms. The van der Waals surface area contributed by atoms with Crippen molar-refractivity contribution in [2.45, 2.75) is 38.1 Å². The largest absolute Gasteiger partial charge is 0.369 e. The second-order valence-electron chi connectivity index (χ2n) is 13.6. The number of aryl methyl sites for hydroxylation is 2. The third kappa shape index (κ3) is 6.11. The molecule has 0 saturated carbocycles. The lowest BCUT2D eigenvalue weighted by atomic mass is 10.0. The number of nitrogens with one attached hydrogen (secondary N) is 3. The normalized spacial score (nSPS) is 18.2. The Hall–Kier alpha value is -5.56. The Morgan fingerprint density at radius 2 is 1.78 bits per heavy atom. The van der Waals surface area contributed by atoms with Crippen LogP contribution in [0.25, 0.3) is 33.5 Å². The van der Waals surface area contributed by atoms with E-state index in [1.807, 2.05) is 48.5 Å². The topological polar surface area (TPSA) is 137 Å². The third-order valence-electron chi connectivity index (χ3n) is 10.5. The monoisotopic (exact) mass is 690 g/mol. The number of nitrogens with zero attached hydrogens (tertiary/aromatic N) is 5. The van der Waals surface area contributed by atoms with Crippen molar-refractivity contribution in [3.63, 3.8) is 0 Å². The Morgan fingerprint density at radius 1 is 0.941 bits per heavy atom. The molecule has 6 heterocycles. The van der Waals surface area contributed by atoms with Crippen LogP contribution in [0.5, 0.6) is 0 Å². The number of imide groups is 1. The van der Waals surface area contributed by atoms with Crippen LogP contribution in [0.2, 0.25) is 0 Å². The van der Waals surface area contributed by atoms with Crippen molar-refractivity contribution in [2.24, 2.45) is 7.05 Å². The van der Waals surface area contributed by atoms with Crippen LogP contribution in [-0.2, 0) is 29.5 Å². The van der Waals surface area contributed by atoms with Gasteiger partial charge in [0.05, 0.1) is 22.3 Å². The molecule has 3 aromatic heterocycles. The maximum absolute atomic E-state index is 15.2. The average molecular weight is 691 g/mol. The van der Waals surface area contributed by atoms with Crippen LogP contribution in [0.15, 0.2) is 65.6 Å². The van der Waals surface area contributed by atoms with Gasteiger partial charge in [0.25, 0.3) is 5.91 Å². The molecule has 8 rings (SSSR count). The fourth-order valence-corrected chi connectivity index (χ4v) is 7.77. The molecular weight excluding hydrogens is 651 g/mol. The van der Waals surface area contributed by atoms with E-state index in [1.54, 1.807) is 17.8 Å². The number of carbonyl (C=O) groups is 3. The molecule has 2 saturated heterocycles. The molecular formula is C38H39FN8O4. The van der Waals surface area contributed by atoms with Crippen molar-refractivity contribution in [1.29, 1.82) is 0 Å². The molecule has 2 fully saturated rings. The molecule has 2 aromatic carbocycles. The highest BCUT2D eigenvalue weighted by atomic mass is 19.1. The zero-order valence-corrected chi connectivity index (χ0v) is 28.4. The van der Waals surface area contributed by atoms with E-state index in [0.717, 1.165) is 85.7 Å². The highest BCUT2D eigenvalue weighted by Crippen LogP contribution is 2.31. The second-order valence-corrected chi connectivity index (χ2v) is 13.6. The number of hydrogen-bond donors (Lipinski definition) is 3. The lowest BCUT2D eigenvalue weighted by molar-refractivity contribution is -0.135. The van der Waals surface area contributed by atoms with Crippen molar-refractivity contribution < 1.29 is 18.8 Å². The minimum Gasteiger partial charge on any atom is -0.369 e. The highest BCUT2D eigenvalue weighted by Gasteiger charge is 2.31. The number of fused-ring (bicyclic) bond motifs is 2. The minimum atomic E-state index is -0.704. The minimum absolute atomic E-state index is 0.0863. The second kappa shape index (κ2) is 13.3. The summed E-state index contributed by atoms with van der Waals surface area (Å²) in [5, 5.41) is 5.24. The number of imidazole rings is 1. The smallest absolute Gasteiger partial charge is 0.329 e. The van der Waals surface area contributed by atoms with Gasteiger partial charge in [-0.25, -0.2) is 9.18 Å². The molecule has 3 amide bonds. The summed E-state index contributed by atoms with van der Waals surface area (Å²) in [5.74, 6) is -1.17. The van der Waals surface area contributed by atoms with Gasteiger partial charge in [-0.15, -0.1) is 0 Å². The fraction of sp³-hybridized carbons (Fsp3) is 0.342. The van der Waals surface area contributed by atoms with E-state index in [2.05, 4.69) is 30.4 Å². The standard InChI is InChI=1S/C38H39FN8O4/c1-44-35-23(4-2-6-32(35)47(38(44)51)33-9-10-34(48)43-37(33)50)5-3-15-45-16-18-46(19-17-45)25-7-8-28(39)26(21-25)31-20-24(11-13-40-31)30-22-27-29(42-30)12-14-41-36(27)49/h2,4,6-8,11,13,20-22,33,42H,3,5,9-10,12,14-19H2,1H3,(H,41,49)(H,43,48,50). The molecule has 1 atom stereocenters. The number of amides is 3. The molecule has 12 nitrogen and oxygen atoms in total. The van der Waals surface area contributed by atoms with E-state index in [-0.39, 0.29) is 29.7 Å². The van der Waals surface area contributed by atoms with Crippen molar-refractivity contribution in [1.82, 2.24) is 34.6 Å². The number of piperidine rings is 1. The fourth-order valence-electron chi connectivity index (χ4n) is 7.77. The van der Waals surface area contributed by atoms with Gasteiger partial charge in [0.15, 0.2) is 0 Å². The number of H-pyrrole nitrogens is 1. The lowest BCUT2D eigenvalue weighted by Gasteiger charge is -2.36. The zero-order valence-electron chi connectivity index (χ0n) is 28.4. The summed E-state index contributed by atoms with van der Waals surface area (Å²) in [6.07, 6.45) is 4.59. The van der Waals surface area contributed by atoms with Gasteiger partial charge < -0.3 is 15.2 Å². The van der Waals surface area contributed by atoms with Crippen molar-refractivity contribution in [3.8, 4) is 22.5 Å². The number of carbonyl (C=O) groups excluding carboxylic acids is 3. The van der Waals surface area contributed by atoms with Gasteiger partial charge in [-0.3, -0.25) is 38.7 Å². The van der Waals surface area contributed by atoms with Gasteiger partial charge in [0.2, 0.25) is 11.8 Å². The Morgan fingerprint density at radius 3 is 2.59 bits per heavy atom. The molecule has 13 heteroatoms. The van der Waals surface area contributed by atoms with Crippen LogP contribution in [0.3, 0.4) is 0 Å². The number of benzene rings is 2. The highest BCUT2D eigenvalue weighted by molar-refractivity contribution is 6.00. The number of halogens is 1. The van der Waals surface area contributed by atoms with E-state index >= 15 is 4.39 Å². The summed E-state index contributed by atoms with van der Waals surface area (Å²) in [6, 6.07) is 15.9. The molecule has 262 valence electrons. The summed E-state index contributed by atoms with van der Waals surface area (Å²) < 4.78 is 18.4. The van der Waals surface area contributed by atoms with Gasteiger partial charge in [-0.2, -0.15) is 0 Å². The predicted octanol–water partition coefficient (Wildman–Crippen LogP) is 3.55. The molecule has 3 N–H and O–H groups in total. The van der Waals surface area contributed by atoms with Crippen molar-refractivity contribution in [2.75, 3.05) is 44.2 Å². The van der Waals surface area contributed by atoms with Crippen molar-refractivity contribution >= 4 is 34.4 Å². The summed E-state index contributed by atoms with van der Waals surface area (Å²) in [4.78, 5) is 62.4. The molecule has 3 aliphatic heterocycles. The Labute approximate surface area is 293 Å². The summed E-state index contributed by atoms with van der Waals surface area (Å²) >= 11 is 0. The van der Waals surface area contributed by atoms with E-state index < -0.39 is 11.9 Å². The average Bonchev–Trinajstić information content (AvgIpc) is 3.69. The van der Waals surface area contributed by atoms with Crippen LogP contribution in [0, 0.1) is 5.82 Å². The van der Waals surface area contributed by atoms with Gasteiger partial charge in [0.1, 0.15) is 11.9 Å². The molecule has 0 spiro atoms. The number of pyridine rings is 1. The summed E-state index contributed by atoms with van der Waals surface area (Å²) in [5.41, 5.74) is 7.43. The number of rotatable bonds is 8. The van der Waals surface area contributed by atoms with Crippen LogP contribution in [-0.4, -0.2) is 81.0 Å². The first kappa shape index (κ1) is 32.6. The van der Waals surface area contributed by atoms with E-state index in [4.69, 9.17) is 0 Å². The van der Waals surface area contributed by atoms with Gasteiger partial charge in [0, 0.05) is 87.0 Å². The lowest BCUT2D eigenvalue weighted by Crippen LogP contribution is -2.46. The molecule has 3 aliphatic rings.